The van der Waals surface area contributed by atoms with Crippen LogP contribution in [0.25, 0.3) is 0 Å². The molecule has 2 aromatic carbocycles. The van der Waals surface area contributed by atoms with E-state index in [1.165, 1.54) is 5.69 Å². The van der Waals surface area contributed by atoms with Crippen LogP contribution < -0.4 is 14.7 Å². The van der Waals surface area contributed by atoms with E-state index in [1.807, 2.05) is 30.4 Å². The molecule has 160 valence electrons. The minimum Gasteiger partial charge on any atom is -0.508 e. The zero-order chi connectivity index (χ0) is 21.1. The van der Waals surface area contributed by atoms with Crippen molar-refractivity contribution in [1.29, 1.82) is 0 Å². The van der Waals surface area contributed by atoms with Gasteiger partial charge in [0.15, 0.2) is 0 Å². The zero-order valence-corrected chi connectivity index (χ0v) is 17.7. The highest BCUT2D eigenvalue weighted by atomic mass is 16.3. The smallest absolute Gasteiger partial charge is 0.117 e. The summed E-state index contributed by atoms with van der Waals surface area (Å²) in [5.41, 5.74) is 3.49. The van der Waals surface area contributed by atoms with E-state index in [2.05, 4.69) is 51.0 Å². The van der Waals surface area contributed by atoms with Crippen LogP contribution in [-0.2, 0) is 0 Å². The number of hydrogen-bond donors (Lipinski definition) is 2. The van der Waals surface area contributed by atoms with Gasteiger partial charge in [-0.1, -0.05) is 6.92 Å². The maximum Gasteiger partial charge on any atom is 0.117 e. The molecule has 0 spiro atoms. The molecule has 2 unspecified atom stereocenters. The number of hydrazone groups is 1. The van der Waals surface area contributed by atoms with Crippen LogP contribution in [0, 0.1) is 0 Å². The number of aliphatic hydroxyl groups is 1. The molecule has 2 aromatic rings. The number of phenols is 1. The van der Waals surface area contributed by atoms with Gasteiger partial charge in [0.25, 0.3) is 0 Å². The van der Waals surface area contributed by atoms with Crippen LogP contribution in [0.4, 0.5) is 17.1 Å². The molecule has 2 heterocycles. The molecule has 4 rings (SSSR count). The fourth-order valence-corrected chi connectivity index (χ4v) is 4.24. The normalized spacial score (nSPS) is 18.8. The molecule has 7 heteroatoms. The SMILES string of the molecule is CCC(C(C)O)N1CN(c2ccc(N3CCN(c4ccc(O)cc4)CC3)cc2)C=N1. The van der Waals surface area contributed by atoms with Gasteiger partial charge in [0.1, 0.15) is 18.8 Å². The van der Waals surface area contributed by atoms with Gasteiger partial charge in [-0.3, -0.25) is 5.01 Å². The molecule has 7 nitrogen and oxygen atoms in total. The highest BCUT2D eigenvalue weighted by Gasteiger charge is 2.26. The third kappa shape index (κ3) is 4.31. The van der Waals surface area contributed by atoms with Crippen molar-refractivity contribution in [2.75, 3.05) is 47.5 Å². The summed E-state index contributed by atoms with van der Waals surface area (Å²) in [6.07, 6.45) is 2.30. The summed E-state index contributed by atoms with van der Waals surface area (Å²) in [6, 6.07) is 16.1. The summed E-state index contributed by atoms with van der Waals surface area (Å²) >= 11 is 0. The molecule has 0 amide bonds. The van der Waals surface area contributed by atoms with Crippen LogP contribution in [0.3, 0.4) is 0 Å². The summed E-state index contributed by atoms with van der Waals surface area (Å²) in [6.45, 7) is 8.40. The minimum absolute atomic E-state index is 0.0374. The van der Waals surface area contributed by atoms with Crippen LogP contribution in [-0.4, -0.2) is 66.6 Å². The Hall–Kier alpha value is -2.93. The first-order chi connectivity index (χ1) is 14.5. The monoisotopic (exact) mass is 409 g/mol. The molecule has 1 saturated heterocycles. The number of phenolic OH excluding ortho intramolecular Hbond substituents is 1. The van der Waals surface area contributed by atoms with E-state index in [0.29, 0.717) is 12.4 Å². The van der Waals surface area contributed by atoms with Crippen molar-refractivity contribution in [3.8, 4) is 5.75 Å². The summed E-state index contributed by atoms with van der Waals surface area (Å²) in [4.78, 5) is 6.87. The lowest BCUT2D eigenvalue weighted by atomic mass is 10.1. The molecule has 2 atom stereocenters. The van der Waals surface area contributed by atoms with Gasteiger partial charge < -0.3 is 24.9 Å². The van der Waals surface area contributed by atoms with Gasteiger partial charge in [-0.15, -0.1) is 0 Å². The number of nitrogens with zero attached hydrogens (tertiary/aromatic N) is 5. The molecule has 0 radical (unpaired) electrons. The van der Waals surface area contributed by atoms with E-state index in [1.54, 1.807) is 12.1 Å². The second-order valence-electron chi connectivity index (χ2n) is 8.00. The highest BCUT2D eigenvalue weighted by molar-refractivity contribution is 5.80. The van der Waals surface area contributed by atoms with Gasteiger partial charge in [0, 0.05) is 43.2 Å². The van der Waals surface area contributed by atoms with Gasteiger partial charge in [-0.25, -0.2) is 0 Å². The Morgan fingerprint density at radius 2 is 1.37 bits per heavy atom. The fourth-order valence-electron chi connectivity index (χ4n) is 4.24. The van der Waals surface area contributed by atoms with E-state index >= 15 is 0 Å². The molecular weight excluding hydrogens is 378 g/mol. The quantitative estimate of drug-likeness (QED) is 0.765. The number of aromatic hydroxyl groups is 1. The first-order valence-electron chi connectivity index (χ1n) is 10.7. The minimum atomic E-state index is -0.408. The van der Waals surface area contributed by atoms with Crippen molar-refractivity contribution in [3.05, 3.63) is 48.5 Å². The van der Waals surface area contributed by atoms with Gasteiger partial charge >= 0.3 is 0 Å². The highest BCUT2D eigenvalue weighted by Crippen LogP contribution is 2.26. The average molecular weight is 410 g/mol. The third-order valence-electron chi connectivity index (χ3n) is 6.04. The molecule has 2 aliphatic rings. The Bertz CT molecular complexity index is 845. The van der Waals surface area contributed by atoms with Crippen molar-refractivity contribution in [2.24, 2.45) is 5.10 Å². The van der Waals surface area contributed by atoms with E-state index < -0.39 is 6.10 Å². The zero-order valence-electron chi connectivity index (χ0n) is 17.7. The topological polar surface area (TPSA) is 65.8 Å². The predicted molar refractivity (Wildman–Crippen MR) is 122 cm³/mol. The van der Waals surface area contributed by atoms with Gasteiger partial charge in [0.05, 0.1) is 12.1 Å². The number of piperazine rings is 1. The Labute approximate surface area is 178 Å². The Balaban J connectivity index is 1.33. The first-order valence-corrected chi connectivity index (χ1v) is 10.7. The lowest BCUT2D eigenvalue weighted by Gasteiger charge is -2.37. The van der Waals surface area contributed by atoms with Crippen LogP contribution in [0.1, 0.15) is 20.3 Å². The van der Waals surface area contributed by atoms with Crippen molar-refractivity contribution in [1.82, 2.24) is 5.01 Å². The average Bonchev–Trinajstić information content (AvgIpc) is 3.24. The lowest BCUT2D eigenvalue weighted by Crippen LogP contribution is -2.46. The Morgan fingerprint density at radius 1 is 0.867 bits per heavy atom. The van der Waals surface area contributed by atoms with E-state index in [4.69, 9.17) is 0 Å². The van der Waals surface area contributed by atoms with Gasteiger partial charge in [0.2, 0.25) is 0 Å². The van der Waals surface area contributed by atoms with Gasteiger partial charge in [-0.05, 0) is 61.9 Å². The molecule has 0 aliphatic carbocycles. The molecule has 2 N–H and O–H groups in total. The summed E-state index contributed by atoms with van der Waals surface area (Å²) < 4.78 is 0. The maximum atomic E-state index is 9.96. The molecule has 2 aliphatic heterocycles. The second-order valence-corrected chi connectivity index (χ2v) is 8.00. The Kier molecular flexibility index (Phi) is 5.99. The van der Waals surface area contributed by atoms with Crippen molar-refractivity contribution >= 4 is 23.4 Å². The lowest BCUT2D eigenvalue weighted by molar-refractivity contribution is 0.0672. The van der Waals surface area contributed by atoms with Gasteiger partial charge in [-0.2, -0.15) is 5.10 Å². The van der Waals surface area contributed by atoms with E-state index in [-0.39, 0.29) is 6.04 Å². The molecule has 0 aromatic heterocycles. The van der Waals surface area contributed by atoms with Crippen LogP contribution in [0.2, 0.25) is 0 Å². The number of hydrogen-bond acceptors (Lipinski definition) is 7. The third-order valence-corrected chi connectivity index (χ3v) is 6.04. The largest absolute Gasteiger partial charge is 0.508 e. The van der Waals surface area contributed by atoms with Crippen LogP contribution in [0.5, 0.6) is 5.75 Å². The summed E-state index contributed by atoms with van der Waals surface area (Å²) in [5.74, 6) is 0.305. The molecule has 0 bridgehead atoms. The summed E-state index contributed by atoms with van der Waals surface area (Å²) in [5, 5.41) is 25.9. The number of aliphatic hydroxyl groups excluding tert-OH is 1. The van der Waals surface area contributed by atoms with Crippen molar-refractivity contribution in [3.63, 3.8) is 0 Å². The van der Waals surface area contributed by atoms with Crippen LogP contribution in [0.15, 0.2) is 53.6 Å². The maximum absolute atomic E-state index is 9.96. The number of anilines is 3. The van der Waals surface area contributed by atoms with E-state index in [9.17, 15) is 10.2 Å². The predicted octanol–water partition coefficient (Wildman–Crippen LogP) is 2.90. The molecular formula is C23H31N5O2. The first kappa shape index (κ1) is 20.3. The Morgan fingerprint density at radius 3 is 1.87 bits per heavy atom. The number of benzene rings is 2. The van der Waals surface area contributed by atoms with Crippen molar-refractivity contribution in [2.45, 2.75) is 32.4 Å². The number of rotatable bonds is 6. The molecule has 1 fully saturated rings. The van der Waals surface area contributed by atoms with Crippen LogP contribution >= 0.6 is 0 Å². The second kappa shape index (κ2) is 8.83. The standard InChI is InChI=1S/C23H31N5O2/c1-3-23(18(2)29)28-17-27(16-24-28)21-6-4-19(5-7-21)25-12-14-26(15-13-25)20-8-10-22(30)11-9-20/h4-11,16,18,23,29-30H,3,12-15,17H2,1-2H3. The fraction of sp³-hybridized carbons (Fsp3) is 0.435. The molecule has 30 heavy (non-hydrogen) atoms. The van der Waals surface area contributed by atoms with E-state index in [0.717, 1.165) is 44.0 Å². The summed E-state index contributed by atoms with van der Waals surface area (Å²) in [7, 11) is 0. The molecule has 0 saturated carbocycles. The van der Waals surface area contributed by atoms with Crippen molar-refractivity contribution < 1.29 is 10.2 Å².